The highest BCUT2D eigenvalue weighted by Gasteiger charge is 2.02. The zero-order chi connectivity index (χ0) is 25.7. The Morgan fingerprint density at radius 3 is 1.29 bits per heavy atom. The van der Waals surface area contributed by atoms with Gasteiger partial charge in [0.2, 0.25) is 0 Å². The summed E-state index contributed by atoms with van der Waals surface area (Å²) in [5, 5.41) is 7.90. The largest absolute Gasteiger partial charge is 0.271 e. The van der Waals surface area contributed by atoms with Crippen LogP contribution in [0.15, 0.2) is 108 Å². The van der Waals surface area contributed by atoms with Gasteiger partial charge in [-0.3, -0.25) is 9.59 Å². The van der Waals surface area contributed by atoms with Crippen LogP contribution in [-0.4, -0.2) is 24.2 Å². The number of carbonyl (C=O) groups is 2. The second kappa shape index (κ2) is 18.1. The molecule has 0 radical (unpaired) electrons. The van der Waals surface area contributed by atoms with Crippen LogP contribution in [0.1, 0.15) is 65.5 Å². The lowest BCUT2D eigenvalue weighted by Gasteiger charge is -2.00. The molecule has 0 unspecified atom stereocenters. The second-order valence-electron chi connectivity index (χ2n) is 7.20. The molecule has 0 aromatic heterocycles. The molecule has 0 bridgehead atoms. The number of nitrogens with one attached hydrogen (secondary N) is 2. The standard InChI is InChI=1S/C22H18N4O2.C4H8.C3H8/c27-21(19-7-3-1-4-8-19)25-23-15-17-11-13-18(14-12-17)16-24-26-22(28)20-9-5-2-6-10-20;1-3-4-2;1-3-2/h1-16H,(H,25,27)(H,26,28);3H,1,4H2,2H3;3H2,1-2H3/b23-15+,24-16+;;. The summed E-state index contributed by atoms with van der Waals surface area (Å²) in [6.45, 7) is 9.79. The molecule has 0 heterocycles. The highest BCUT2D eigenvalue weighted by Crippen LogP contribution is 2.02. The molecule has 0 atom stereocenters. The molecular formula is C29H34N4O2. The van der Waals surface area contributed by atoms with Crippen LogP contribution >= 0.6 is 0 Å². The topological polar surface area (TPSA) is 82.9 Å². The number of hydrazone groups is 2. The third-order valence-corrected chi connectivity index (χ3v) is 4.06. The van der Waals surface area contributed by atoms with Crippen molar-refractivity contribution in [3.05, 3.63) is 120 Å². The maximum Gasteiger partial charge on any atom is 0.271 e. The van der Waals surface area contributed by atoms with E-state index >= 15 is 0 Å². The Morgan fingerprint density at radius 2 is 1.00 bits per heavy atom. The fraction of sp³-hybridized carbons (Fsp3) is 0.172. The number of hydrogen-bond acceptors (Lipinski definition) is 4. The van der Waals surface area contributed by atoms with Crippen molar-refractivity contribution in [1.29, 1.82) is 0 Å². The van der Waals surface area contributed by atoms with E-state index in [1.807, 2.05) is 42.5 Å². The third-order valence-electron chi connectivity index (χ3n) is 4.06. The molecule has 0 saturated heterocycles. The maximum absolute atomic E-state index is 11.9. The normalized spacial score (nSPS) is 9.91. The van der Waals surface area contributed by atoms with Crippen LogP contribution < -0.4 is 10.9 Å². The van der Waals surface area contributed by atoms with Crippen molar-refractivity contribution in [2.75, 3.05) is 0 Å². The lowest BCUT2D eigenvalue weighted by atomic mass is 10.2. The molecule has 0 fully saturated rings. The molecule has 0 saturated carbocycles. The molecule has 182 valence electrons. The van der Waals surface area contributed by atoms with E-state index in [9.17, 15) is 9.59 Å². The van der Waals surface area contributed by atoms with Gasteiger partial charge in [-0.1, -0.05) is 93.9 Å². The number of carbonyl (C=O) groups excluding carboxylic acids is 2. The smallest absolute Gasteiger partial charge is 0.267 e. The fourth-order valence-corrected chi connectivity index (χ4v) is 2.31. The maximum atomic E-state index is 11.9. The summed E-state index contributed by atoms with van der Waals surface area (Å²) >= 11 is 0. The van der Waals surface area contributed by atoms with Crippen LogP contribution in [0.3, 0.4) is 0 Å². The molecule has 0 spiro atoms. The van der Waals surface area contributed by atoms with Gasteiger partial charge in [0, 0.05) is 11.1 Å². The van der Waals surface area contributed by atoms with Gasteiger partial charge in [-0.2, -0.15) is 10.2 Å². The lowest BCUT2D eigenvalue weighted by Crippen LogP contribution is -2.17. The summed E-state index contributed by atoms with van der Waals surface area (Å²) < 4.78 is 0. The van der Waals surface area contributed by atoms with Crippen molar-refractivity contribution in [2.45, 2.75) is 33.6 Å². The van der Waals surface area contributed by atoms with Gasteiger partial charge in [-0.05, 0) is 41.8 Å². The van der Waals surface area contributed by atoms with Crippen molar-refractivity contribution in [2.24, 2.45) is 10.2 Å². The first-order chi connectivity index (χ1) is 17.0. The first kappa shape index (κ1) is 28.7. The number of rotatable bonds is 7. The molecular weight excluding hydrogens is 436 g/mol. The summed E-state index contributed by atoms with van der Waals surface area (Å²) in [6.07, 6.45) is 7.32. The van der Waals surface area contributed by atoms with Crippen molar-refractivity contribution in [1.82, 2.24) is 10.9 Å². The van der Waals surface area contributed by atoms with Gasteiger partial charge in [0.25, 0.3) is 11.8 Å². The molecule has 3 aromatic rings. The van der Waals surface area contributed by atoms with Crippen molar-refractivity contribution in [3.8, 4) is 0 Å². The van der Waals surface area contributed by atoms with E-state index in [4.69, 9.17) is 0 Å². The number of allylic oxidation sites excluding steroid dienone is 1. The number of nitrogens with zero attached hydrogens (tertiary/aromatic N) is 2. The van der Waals surface area contributed by atoms with Gasteiger partial charge in [0.05, 0.1) is 12.4 Å². The van der Waals surface area contributed by atoms with Crippen LogP contribution in [0.2, 0.25) is 0 Å². The molecule has 3 rings (SSSR count). The van der Waals surface area contributed by atoms with E-state index in [1.54, 1.807) is 61.0 Å². The molecule has 2 N–H and O–H groups in total. The van der Waals surface area contributed by atoms with E-state index in [1.165, 1.54) is 6.42 Å². The van der Waals surface area contributed by atoms with Gasteiger partial charge < -0.3 is 0 Å². The number of benzene rings is 3. The van der Waals surface area contributed by atoms with Gasteiger partial charge in [0.1, 0.15) is 0 Å². The Labute approximate surface area is 208 Å². The SMILES string of the molecule is C=CCC.CCC.O=C(N/N=C/c1ccc(/C=N/NC(=O)c2ccccc2)cc1)c1ccccc1. The van der Waals surface area contributed by atoms with Crippen LogP contribution in [0, 0.1) is 0 Å². The summed E-state index contributed by atoms with van der Waals surface area (Å²) in [6, 6.07) is 25.1. The Kier molecular flexibility index (Phi) is 14.9. The molecule has 6 nitrogen and oxygen atoms in total. The van der Waals surface area contributed by atoms with Crippen molar-refractivity contribution in [3.63, 3.8) is 0 Å². The minimum absolute atomic E-state index is 0.269. The monoisotopic (exact) mass is 470 g/mol. The number of amides is 2. The molecule has 35 heavy (non-hydrogen) atoms. The molecule has 2 amide bonds. The van der Waals surface area contributed by atoms with Gasteiger partial charge in [-0.25, -0.2) is 10.9 Å². The van der Waals surface area contributed by atoms with E-state index in [0.717, 1.165) is 17.5 Å². The molecule has 3 aromatic carbocycles. The zero-order valence-electron chi connectivity index (χ0n) is 20.6. The van der Waals surface area contributed by atoms with Gasteiger partial charge in [0.15, 0.2) is 0 Å². The lowest BCUT2D eigenvalue weighted by molar-refractivity contribution is 0.0947. The zero-order valence-corrected chi connectivity index (χ0v) is 20.6. The van der Waals surface area contributed by atoms with Crippen LogP contribution in [0.4, 0.5) is 0 Å². The predicted molar refractivity (Wildman–Crippen MR) is 146 cm³/mol. The number of hydrogen-bond donors (Lipinski definition) is 2. The summed E-state index contributed by atoms with van der Waals surface area (Å²) in [7, 11) is 0. The Hall–Kier alpha value is -4.32. The van der Waals surface area contributed by atoms with Crippen LogP contribution in [0.25, 0.3) is 0 Å². The van der Waals surface area contributed by atoms with E-state index in [2.05, 4.69) is 48.4 Å². The first-order valence-electron chi connectivity index (χ1n) is 11.5. The fourth-order valence-electron chi connectivity index (χ4n) is 2.31. The van der Waals surface area contributed by atoms with Crippen molar-refractivity contribution >= 4 is 24.2 Å². The van der Waals surface area contributed by atoms with E-state index in [0.29, 0.717) is 11.1 Å². The average Bonchev–Trinajstić information content (AvgIpc) is 2.91. The van der Waals surface area contributed by atoms with Gasteiger partial charge in [-0.15, -0.1) is 6.58 Å². The Bertz CT molecular complexity index is 978. The van der Waals surface area contributed by atoms with Gasteiger partial charge >= 0.3 is 0 Å². The van der Waals surface area contributed by atoms with E-state index < -0.39 is 0 Å². The quantitative estimate of drug-likeness (QED) is 0.244. The highest BCUT2D eigenvalue weighted by molar-refractivity contribution is 5.95. The summed E-state index contributed by atoms with van der Waals surface area (Å²) in [4.78, 5) is 23.8. The van der Waals surface area contributed by atoms with Crippen LogP contribution in [-0.2, 0) is 0 Å². The minimum atomic E-state index is -0.269. The average molecular weight is 471 g/mol. The molecule has 6 heteroatoms. The van der Waals surface area contributed by atoms with E-state index in [-0.39, 0.29) is 11.8 Å². The Balaban J connectivity index is 0.000000778. The minimum Gasteiger partial charge on any atom is -0.267 e. The predicted octanol–water partition coefficient (Wildman–Crippen LogP) is 6.21. The third kappa shape index (κ3) is 12.5. The molecule has 0 aliphatic heterocycles. The summed E-state index contributed by atoms with van der Waals surface area (Å²) in [5.41, 5.74) is 7.69. The summed E-state index contributed by atoms with van der Waals surface area (Å²) in [5.74, 6) is -0.537. The second-order valence-corrected chi connectivity index (χ2v) is 7.20. The molecule has 0 aliphatic carbocycles. The Morgan fingerprint density at radius 1 is 0.686 bits per heavy atom. The van der Waals surface area contributed by atoms with Crippen molar-refractivity contribution < 1.29 is 9.59 Å². The highest BCUT2D eigenvalue weighted by atomic mass is 16.2. The van der Waals surface area contributed by atoms with Crippen LogP contribution in [0.5, 0.6) is 0 Å². The first-order valence-corrected chi connectivity index (χ1v) is 11.5. The molecule has 0 aliphatic rings.